The molecule has 1 aliphatic carbocycles. The van der Waals surface area contributed by atoms with Gasteiger partial charge in [-0.1, -0.05) is 79.7 Å². The van der Waals surface area contributed by atoms with Crippen LogP contribution in [-0.4, -0.2) is 20.5 Å². The van der Waals surface area contributed by atoms with E-state index in [0.717, 1.165) is 29.0 Å². The molecule has 1 N–H and O–H groups in total. The van der Waals surface area contributed by atoms with Crippen LogP contribution in [0, 0.1) is 5.41 Å². The normalized spacial score (nSPS) is 19.6. The number of hydrogen-bond acceptors (Lipinski definition) is 5. The van der Waals surface area contributed by atoms with Gasteiger partial charge < -0.3 is 5.32 Å². The Kier molecular flexibility index (Phi) is 5.15. The number of nitrogens with zero attached hydrogens (tertiary/aromatic N) is 3. The standard InChI is InChI=1S/C24H23ClN4OS/c1-24(2)12-18-20(19(30)13-24)21(16-9-6-10-17(25)11-16)29-22(26-18)27-23(28-29)31-14-15-7-4-3-5-8-15/h3-11,21H,12-14H2,1-2H3,(H,26,27,28)/t21-/m1/s1. The number of ketones is 1. The predicted molar refractivity (Wildman–Crippen MR) is 124 cm³/mol. The summed E-state index contributed by atoms with van der Waals surface area (Å²) in [4.78, 5) is 18.0. The fourth-order valence-corrected chi connectivity index (χ4v) is 5.34. The first-order valence-corrected chi connectivity index (χ1v) is 11.7. The smallest absolute Gasteiger partial charge is 0.227 e. The topological polar surface area (TPSA) is 59.8 Å². The SMILES string of the molecule is CC1(C)CC(=O)C2=C(C1)Nc1nc(SCc3ccccc3)nn1[C@@H]2c1cccc(Cl)c1. The number of benzene rings is 2. The van der Waals surface area contributed by atoms with E-state index in [4.69, 9.17) is 21.7 Å². The van der Waals surface area contributed by atoms with E-state index < -0.39 is 0 Å². The Balaban J connectivity index is 1.55. The first-order valence-electron chi connectivity index (χ1n) is 10.3. The van der Waals surface area contributed by atoms with Gasteiger partial charge in [0.2, 0.25) is 11.1 Å². The zero-order chi connectivity index (χ0) is 21.6. The molecule has 0 saturated carbocycles. The van der Waals surface area contributed by atoms with E-state index in [2.05, 4.69) is 31.3 Å². The summed E-state index contributed by atoms with van der Waals surface area (Å²) in [6.07, 6.45) is 1.31. The summed E-state index contributed by atoms with van der Waals surface area (Å²) >= 11 is 7.89. The molecule has 7 heteroatoms. The number of carbonyl (C=O) groups excluding carboxylic acids is 1. The van der Waals surface area contributed by atoms with Crippen molar-refractivity contribution in [1.82, 2.24) is 14.8 Å². The summed E-state index contributed by atoms with van der Waals surface area (Å²) in [5, 5.41) is 9.54. The molecule has 3 aromatic rings. The second-order valence-corrected chi connectivity index (χ2v) is 10.2. The van der Waals surface area contributed by atoms with Gasteiger partial charge in [-0.25, -0.2) is 4.68 Å². The minimum atomic E-state index is -0.327. The number of rotatable bonds is 4. The van der Waals surface area contributed by atoms with E-state index in [9.17, 15) is 4.79 Å². The van der Waals surface area contributed by atoms with E-state index in [1.165, 1.54) is 5.56 Å². The summed E-state index contributed by atoms with van der Waals surface area (Å²) in [7, 11) is 0. The lowest BCUT2D eigenvalue weighted by Gasteiger charge is -2.38. The molecule has 0 amide bonds. The number of hydrogen-bond donors (Lipinski definition) is 1. The van der Waals surface area contributed by atoms with E-state index in [0.29, 0.717) is 22.5 Å². The molecule has 1 atom stereocenters. The van der Waals surface area contributed by atoms with E-state index >= 15 is 0 Å². The minimum Gasteiger partial charge on any atom is -0.328 e. The Morgan fingerprint density at radius 1 is 1.16 bits per heavy atom. The Labute approximate surface area is 190 Å². The number of carbonyl (C=O) groups is 1. The molecule has 0 unspecified atom stereocenters. The molecule has 5 nitrogen and oxygen atoms in total. The highest BCUT2D eigenvalue weighted by Crippen LogP contribution is 2.45. The van der Waals surface area contributed by atoms with Crippen LogP contribution in [0.1, 0.15) is 43.9 Å². The van der Waals surface area contributed by atoms with Gasteiger partial charge in [0, 0.05) is 28.5 Å². The lowest BCUT2D eigenvalue weighted by Crippen LogP contribution is -2.36. The van der Waals surface area contributed by atoms with Gasteiger partial charge in [0.25, 0.3) is 0 Å². The summed E-state index contributed by atoms with van der Waals surface area (Å²) in [6, 6.07) is 17.6. The number of fused-ring (bicyclic) bond motifs is 1. The third kappa shape index (κ3) is 4.02. The summed E-state index contributed by atoms with van der Waals surface area (Å²) in [5.74, 6) is 1.61. The molecule has 0 radical (unpaired) electrons. The van der Waals surface area contributed by atoms with Gasteiger partial charge in [0.05, 0.1) is 0 Å². The Hall–Kier alpha value is -2.57. The largest absolute Gasteiger partial charge is 0.328 e. The van der Waals surface area contributed by atoms with Crippen molar-refractivity contribution >= 4 is 35.1 Å². The fourth-order valence-electron chi connectivity index (χ4n) is 4.36. The van der Waals surface area contributed by atoms with Crippen LogP contribution in [0.5, 0.6) is 0 Å². The molecule has 2 aromatic carbocycles. The number of aromatic nitrogens is 3. The highest BCUT2D eigenvalue weighted by molar-refractivity contribution is 7.98. The van der Waals surface area contributed by atoms with Crippen molar-refractivity contribution < 1.29 is 4.79 Å². The van der Waals surface area contributed by atoms with Crippen LogP contribution in [0.4, 0.5) is 5.95 Å². The van der Waals surface area contributed by atoms with Crippen molar-refractivity contribution in [3.05, 3.63) is 82.0 Å². The van der Waals surface area contributed by atoms with Gasteiger partial charge in [-0.15, -0.1) is 5.10 Å². The van der Waals surface area contributed by atoms with Crippen molar-refractivity contribution in [1.29, 1.82) is 0 Å². The van der Waals surface area contributed by atoms with Crippen molar-refractivity contribution in [3.8, 4) is 0 Å². The number of nitrogens with one attached hydrogen (secondary N) is 1. The van der Waals surface area contributed by atoms with Crippen molar-refractivity contribution in [2.24, 2.45) is 5.41 Å². The number of Topliss-reactive ketones (excluding diaryl/α,β-unsaturated/α-hetero) is 1. The van der Waals surface area contributed by atoms with Crippen LogP contribution in [0.25, 0.3) is 0 Å². The minimum absolute atomic E-state index is 0.0884. The van der Waals surface area contributed by atoms with Crippen molar-refractivity contribution in [2.75, 3.05) is 5.32 Å². The molecule has 2 heterocycles. The zero-order valence-corrected chi connectivity index (χ0v) is 19.0. The van der Waals surface area contributed by atoms with Gasteiger partial charge in [0.1, 0.15) is 6.04 Å². The van der Waals surface area contributed by atoms with Crippen LogP contribution < -0.4 is 5.32 Å². The average molecular weight is 451 g/mol. The molecule has 158 valence electrons. The zero-order valence-electron chi connectivity index (χ0n) is 17.4. The van der Waals surface area contributed by atoms with Gasteiger partial charge >= 0.3 is 0 Å². The molecular formula is C24H23ClN4OS. The first kappa shape index (κ1) is 20.3. The molecule has 0 saturated heterocycles. The third-order valence-corrected chi connectivity index (χ3v) is 6.83. The number of thioether (sulfide) groups is 1. The molecule has 2 aliphatic rings. The molecule has 0 bridgehead atoms. The van der Waals surface area contributed by atoms with Crippen LogP contribution in [0.3, 0.4) is 0 Å². The van der Waals surface area contributed by atoms with Crippen LogP contribution in [0.2, 0.25) is 5.02 Å². The van der Waals surface area contributed by atoms with Gasteiger partial charge in [-0.05, 0) is 35.1 Å². The summed E-state index contributed by atoms with van der Waals surface area (Å²) < 4.78 is 1.84. The average Bonchev–Trinajstić information content (AvgIpc) is 3.13. The fraction of sp³-hybridized carbons (Fsp3) is 0.292. The molecule has 1 aliphatic heterocycles. The Morgan fingerprint density at radius 2 is 1.97 bits per heavy atom. The van der Waals surface area contributed by atoms with E-state index in [-0.39, 0.29) is 17.2 Å². The summed E-state index contributed by atoms with van der Waals surface area (Å²) in [6.45, 7) is 4.26. The van der Waals surface area contributed by atoms with Crippen LogP contribution in [-0.2, 0) is 10.5 Å². The maximum Gasteiger partial charge on any atom is 0.227 e. The quantitative estimate of drug-likeness (QED) is 0.503. The van der Waals surface area contributed by atoms with Crippen molar-refractivity contribution in [2.45, 2.75) is 43.6 Å². The molecule has 0 spiro atoms. The van der Waals surface area contributed by atoms with Crippen LogP contribution in [0.15, 0.2) is 71.0 Å². The van der Waals surface area contributed by atoms with Crippen LogP contribution >= 0.6 is 23.4 Å². The molecule has 31 heavy (non-hydrogen) atoms. The van der Waals surface area contributed by atoms with Gasteiger partial charge in [0.15, 0.2) is 5.78 Å². The number of halogens is 1. The predicted octanol–water partition coefficient (Wildman–Crippen LogP) is 5.88. The Bertz CT molecular complexity index is 1190. The monoisotopic (exact) mass is 450 g/mol. The maximum atomic E-state index is 13.2. The van der Waals surface area contributed by atoms with E-state index in [1.807, 2.05) is 47.1 Å². The molecular weight excluding hydrogens is 428 g/mol. The van der Waals surface area contributed by atoms with Crippen molar-refractivity contribution in [3.63, 3.8) is 0 Å². The lowest BCUT2D eigenvalue weighted by atomic mass is 9.73. The highest BCUT2D eigenvalue weighted by Gasteiger charge is 2.41. The number of anilines is 1. The second-order valence-electron chi connectivity index (χ2n) is 8.85. The molecule has 1 aromatic heterocycles. The van der Waals surface area contributed by atoms with Gasteiger partial charge in [-0.2, -0.15) is 4.98 Å². The highest BCUT2D eigenvalue weighted by atomic mass is 35.5. The Morgan fingerprint density at radius 3 is 2.74 bits per heavy atom. The third-order valence-electron chi connectivity index (χ3n) is 5.69. The summed E-state index contributed by atoms with van der Waals surface area (Å²) in [5.41, 5.74) is 3.80. The number of allylic oxidation sites excluding steroid dienone is 2. The maximum absolute atomic E-state index is 13.2. The first-order chi connectivity index (χ1) is 14.9. The van der Waals surface area contributed by atoms with E-state index in [1.54, 1.807) is 11.8 Å². The molecule has 5 rings (SSSR count). The lowest BCUT2D eigenvalue weighted by molar-refractivity contribution is -0.118. The second kappa shape index (κ2) is 7.84. The van der Waals surface area contributed by atoms with Gasteiger partial charge in [-0.3, -0.25) is 4.79 Å². The molecule has 0 fully saturated rings.